The van der Waals surface area contributed by atoms with Crippen molar-refractivity contribution >= 4 is 145 Å². The number of para-hydroxylation sites is 5. The first-order valence-electron chi connectivity index (χ1n) is 35.6. The van der Waals surface area contributed by atoms with Crippen molar-refractivity contribution < 1.29 is 4.42 Å². The van der Waals surface area contributed by atoms with Crippen molar-refractivity contribution in [2.24, 2.45) is 0 Å². The van der Waals surface area contributed by atoms with Crippen LogP contribution in [0.25, 0.3) is 97.7 Å². The summed E-state index contributed by atoms with van der Waals surface area (Å²) < 4.78 is 9.65. The molecule has 18 aromatic rings. The summed E-state index contributed by atoms with van der Waals surface area (Å²) >= 11 is 1.83. The van der Waals surface area contributed by atoms with Gasteiger partial charge in [-0.25, -0.2) is 0 Å². The van der Waals surface area contributed by atoms with E-state index in [-0.39, 0.29) is 6.71 Å². The number of benzene rings is 16. The van der Waals surface area contributed by atoms with Gasteiger partial charge in [-0.2, -0.15) is 5.26 Å². The summed E-state index contributed by atoms with van der Waals surface area (Å²) in [4.78, 5) is 9.97. The topological polar surface area (TPSA) is 49.9 Å². The van der Waals surface area contributed by atoms with Crippen LogP contribution in [-0.2, 0) is 0 Å². The van der Waals surface area contributed by atoms with Crippen LogP contribution < -0.4 is 36.0 Å². The number of rotatable bonds is 13. The molecule has 490 valence electrons. The van der Waals surface area contributed by atoms with Crippen LogP contribution in [0.2, 0.25) is 0 Å². The molecule has 0 fully saturated rings. The molecule has 8 heteroatoms. The summed E-state index contributed by atoms with van der Waals surface area (Å²) in [5.41, 5.74) is 28.7. The largest absolute Gasteiger partial charge is 0.456 e. The minimum atomic E-state index is -0.333. The molecule has 0 saturated heterocycles. The van der Waals surface area contributed by atoms with Gasteiger partial charge < -0.3 is 24.0 Å². The smallest absolute Gasteiger partial charge is 0.252 e. The molecule has 0 saturated carbocycles. The average Bonchev–Trinajstić information content (AvgIpc) is 1.16. The Morgan fingerprint density at radius 1 is 0.295 bits per heavy atom. The zero-order chi connectivity index (χ0) is 69.5. The lowest BCUT2D eigenvalue weighted by Gasteiger charge is -2.46. The van der Waals surface area contributed by atoms with Gasteiger partial charge in [0.25, 0.3) is 6.71 Å². The van der Waals surface area contributed by atoms with Gasteiger partial charge in [-0.1, -0.05) is 249 Å². The van der Waals surface area contributed by atoms with E-state index >= 15 is 0 Å². The van der Waals surface area contributed by atoms with Gasteiger partial charge in [0.2, 0.25) is 0 Å². The molecule has 6 nitrogen and oxygen atoms in total. The average molecular weight is 1360 g/mol. The van der Waals surface area contributed by atoms with E-state index in [9.17, 15) is 5.26 Å². The maximum Gasteiger partial charge on any atom is 0.252 e. The number of nitriles is 1. The van der Waals surface area contributed by atoms with E-state index in [1.165, 1.54) is 20.2 Å². The van der Waals surface area contributed by atoms with Gasteiger partial charge in [0.15, 0.2) is 0 Å². The number of furan rings is 1. The van der Waals surface area contributed by atoms with Crippen LogP contribution in [0.3, 0.4) is 0 Å². The predicted molar refractivity (Wildman–Crippen MR) is 442 cm³/mol. The van der Waals surface area contributed by atoms with E-state index in [0.29, 0.717) is 5.56 Å². The number of hydrogen-bond acceptors (Lipinski definition) is 7. The van der Waals surface area contributed by atoms with E-state index in [4.69, 9.17) is 4.42 Å². The molecule has 4 heterocycles. The second-order valence-corrected chi connectivity index (χ2v) is 28.0. The van der Waals surface area contributed by atoms with Crippen molar-refractivity contribution in [1.82, 2.24) is 0 Å². The molecule has 105 heavy (non-hydrogen) atoms. The maximum absolute atomic E-state index is 10.2. The molecule has 0 atom stereocenters. The third-order valence-corrected chi connectivity index (χ3v) is 22.2. The first kappa shape index (κ1) is 61.2. The first-order valence-corrected chi connectivity index (χ1v) is 36.4. The molecule has 0 amide bonds. The number of hydrogen-bond donors (Lipinski definition) is 0. The Morgan fingerprint density at radius 2 is 0.714 bits per heavy atom. The molecule has 2 aliphatic heterocycles. The fourth-order valence-electron chi connectivity index (χ4n) is 16.4. The molecule has 0 radical (unpaired) electrons. The summed E-state index contributed by atoms with van der Waals surface area (Å²) in [5.74, 6) is 0. The van der Waals surface area contributed by atoms with Crippen molar-refractivity contribution in [3.8, 4) is 61.7 Å². The summed E-state index contributed by atoms with van der Waals surface area (Å²) in [6.07, 6.45) is 0. The van der Waals surface area contributed by atoms with Crippen molar-refractivity contribution in [1.29, 1.82) is 5.26 Å². The van der Waals surface area contributed by atoms with E-state index < -0.39 is 0 Å². The van der Waals surface area contributed by atoms with Crippen molar-refractivity contribution in [2.75, 3.05) is 19.6 Å². The molecule has 0 N–H and O–H groups in total. The van der Waals surface area contributed by atoms with Gasteiger partial charge in [-0.15, -0.1) is 11.3 Å². The standard InChI is InChI=1S/C97H62BN5OS/c99-63-64-46-49-74(50-47-64)101(73-38-20-7-21-39-73)76-52-55-84-86(62-76)103(97-79(67-30-12-3-13-31-67)43-25-44-80(97)68-32-14-4-15-33-68)88-59-70(69-48-53-81-90(60-69)104-89-56-57-92-94(93(81)89)82-40-22-23-45-91(82)105-92)58-87-95(88)98(84)83-54-51-75(100(71-34-16-5-17-35-71)72-36-18-6-19-37-72)61-85(83)102(87)96-77(65-26-8-1-9-27-65)41-24-42-78(96)66-28-10-2-11-29-66/h1-62H. The van der Waals surface area contributed by atoms with Crippen LogP contribution >= 0.6 is 11.3 Å². The highest BCUT2D eigenvalue weighted by Gasteiger charge is 2.46. The summed E-state index contributed by atoms with van der Waals surface area (Å²) in [7, 11) is 0. The normalized spacial score (nSPS) is 12.1. The fourth-order valence-corrected chi connectivity index (χ4v) is 17.6. The highest BCUT2D eigenvalue weighted by Crippen LogP contribution is 2.56. The summed E-state index contributed by atoms with van der Waals surface area (Å²) in [5, 5.41) is 14.9. The Balaban J connectivity index is 0.951. The van der Waals surface area contributed by atoms with Crippen molar-refractivity contribution in [3.05, 3.63) is 382 Å². The molecule has 0 spiro atoms. The van der Waals surface area contributed by atoms with Gasteiger partial charge >= 0.3 is 0 Å². The summed E-state index contributed by atoms with van der Waals surface area (Å²) in [6.45, 7) is -0.333. The van der Waals surface area contributed by atoms with Crippen LogP contribution in [0.1, 0.15) is 5.56 Å². The quantitative estimate of drug-likeness (QED) is 0.107. The van der Waals surface area contributed by atoms with Gasteiger partial charge in [0, 0.05) is 110 Å². The molecule has 20 rings (SSSR count). The number of nitrogens with zero attached hydrogens (tertiary/aromatic N) is 5. The minimum Gasteiger partial charge on any atom is -0.456 e. The molecule has 0 bridgehead atoms. The predicted octanol–water partition coefficient (Wildman–Crippen LogP) is 25.2. The van der Waals surface area contributed by atoms with Crippen LogP contribution in [0, 0.1) is 11.3 Å². The van der Waals surface area contributed by atoms with E-state index in [1.54, 1.807) is 0 Å². The van der Waals surface area contributed by atoms with E-state index in [1.807, 2.05) is 23.5 Å². The number of fused-ring (bicyclic) bond motifs is 11. The second kappa shape index (κ2) is 25.4. The zero-order valence-corrected chi connectivity index (χ0v) is 57.7. The zero-order valence-electron chi connectivity index (χ0n) is 56.9. The van der Waals surface area contributed by atoms with Gasteiger partial charge in [0.05, 0.1) is 23.0 Å². The Bertz CT molecular complexity index is 6250. The lowest BCUT2D eigenvalue weighted by molar-refractivity contribution is 0.669. The molecular formula is C97H62BN5OS. The SMILES string of the molecule is N#Cc1ccc(N(c2ccccc2)c2ccc3c(c2)N(c2c(-c4ccccc4)cccc2-c2ccccc2)c2cc(-c4ccc5c(c4)oc4ccc6sc7ccccc7c6c45)cc4c2B3c2ccc(N(c3ccccc3)c3ccccc3)cc2N4c2c(-c3ccccc3)cccc2-c2ccccc2)cc1. The monoisotopic (exact) mass is 1360 g/mol. The van der Waals surface area contributed by atoms with Gasteiger partial charge in [-0.3, -0.25) is 0 Å². The Morgan fingerprint density at radius 3 is 1.17 bits per heavy atom. The van der Waals surface area contributed by atoms with Crippen LogP contribution in [-0.4, -0.2) is 6.71 Å². The highest BCUT2D eigenvalue weighted by atomic mass is 32.1. The third-order valence-electron chi connectivity index (χ3n) is 21.0. The second-order valence-electron chi connectivity index (χ2n) is 26.9. The molecule has 0 aliphatic carbocycles. The summed E-state index contributed by atoms with van der Waals surface area (Å²) in [6, 6.07) is 139. The molecule has 16 aromatic carbocycles. The Hall–Kier alpha value is -13.7. The fraction of sp³-hybridized carbons (Fsp3) is 0. The minimum absolute atomic E-state index is 0.333. The van der Waals surface area contributed by atoms with E-state index in [2.05, 4.69) is 390 Å². The van der Waals surface area contributed by atoms with Gasteiger partial charge in [-0.05, 0) is 177 Å². The lowest BCUT2D eigenvalue weighted by atomic mass is 9.33. The third kappa shape index (κ3) is 10.3. The van der Waals surface area contributed by atoms with Gasteiger partial charge in [0.1, 0.15) is 11.2 Å². The van der Waals surface area contributed by atoms with Crippen LogP contribution in [0.15, 0.2) is 381 Å². The molecule has 2 aliphatic rings. The van der Waals surface area contributed by atoms with Crippen LogP contribution in [0.5, 0.6) is 0 Å². The molecule has 2 aromatic heterocycles. The van der Waals surface area contributed by atoms with Crippen LogP contribution in [0.4, 0.5) is 68.2 Å². The number of anilines is 12. The van der Waals surface area contributed by atoms with E-state index in [0.717, 1.165) is 162 Å². The maximum atomic E-state index is 10.2. The molecule has 0 unspecified atom stereocenters. The highest BCUT2D eigenvalue weighted by molar-refractivity contribution is 7.26. The lowest BCUT2D eigenvalue weighted by Crippen LogP contribution is -2.61. The number of thiophene rings is 1. The van der Waals surface area contributed by atoms with Crippen molar-refractivity contribution in [3.63, 3.8) is 0 Å². The first-order chi connectivity index (χ1) is 52.1. The molecular weight excluding hydrogens is 1290 g/mol. The Labute approximate surface area is 613 Å². The Kier molecular flexibility index (Phi) is 14.8. The van der Waals surface area contributed by atoms with Crippen molar-refractivity contribution in [2.45, 2.75) is 0 Å².